The van der Waals surface area contributed by atoms with E-state index in [9.17, 15) is 9.28 Å². The Hall–Kier alpha value is -1.48. The van der Waals surface area contributed by atoms with Gasteiger partial charge in [0.15, 0.2) is 0 Å². The Bertz CT molecular complexity index is 220. The summed E-state index contributed by atoms with van der Waals surface area (Å²) in [6.45, 7) is 1.13. The van der Waals surface area contributed by atoms with Gasteiger partial charge in [0.2, 0.25) is 5.91 Å². The van der Waals surface area contributed by atoms with Gasteiger partial charge in [0.05, 0.1) is 6.04 Å². The highest BCUT2D eigenvalue weighted by molar-refractivity contribution is 5.72. The van der Waals surface area contributed by atoms with E-state index in [2.05, 4.69) is 11.8 Å². The fraction of sp³-hybridized carbons (Fsp3) is 0.444. The summed E-state index contributed by atoms with van der Waals surface area (Å²) in [5, 5.41) is 0.0831. The molecule has 0 aromatic rings. The zero-order chi connectivity index (χ0) is 9.56. The van der Waals surface area contributed by atoms with Gasteiger partial charge in [-0.3, -0.25) is 4.79 Å². The summed E-state index contributed by atoms with van der Waals surface area (Å²) in [4.78, 5) is 10.5. The molecule has 2 nitrogen and oxygen atoms in total. The summed E-state index contributed by atoms with van der Waals surface area (Å²) < 4.78 is 12.9. The number of terminal acetylenes is 2. The average molecular weight is 167 g/mol. The van der Waals surface area contributed by atoms with E-state index in [1.165, 1.54) is 0 Å². The van der Waals surface area contributed by atoms with Crippen molar-refractivity contribution in [2.24, 2.45) is 0 Å². The molecule has 0 heterocycles. The summed E-state index contributed by atoms with van der Waals surface area (Å²) >= 11 is 0. The van der Waals surface area contributed by atoms with Crippen LogP contribution in [0.4, 0.5) is 4.48 Å². The van der Waals surface area contributed by atoms with Crippen LogP contribution in [0.5, 0.6) is 0 Å². The third kappa shape index (κ3) is 3.07. The van der Waals surface area contributed by atoms with Gasteiger partial charge in [-0.2, -0.15) is 5.12 Å². The van der Waals surface area contributed by atoms with E-state index >= 15 is 0 Å². The lowest BCUT2D eigenvalue weighted by Gasteiger charge is -2.17. The number of carbonyl (C=O) groups is 1. The normalized spacial score (nSPS) is 8.75. The van der Waals surface area contributed by atoms with Crippen molar-refractivity contribution in [2.75, 3.05) is 0 Å². The second kappa shape index (κ2) is 5.21. The number of rotatable bonds is 3. The molecule has 64 valence electrons. The first kappa shape index (κ1) is 10.5. The molecule has 0 aromatic carbocycles. The van der Waals surface area contributed by atoms with Crippen LogP contribution < -0.4 is 0 Å². The molecule has 0 unspecified atom stereocenters. The summed E-state index contributed by atoms with van der Waals surface area (Å²) in [6, 6.07) is -0.683. The van der Waals surface area contributed by atoms with Crippen molar-refractivity contribution in [3.05, 3.63) is 0 Å². The molecule has 0 aliphatic heterocycles. The first-order valence-corrected chi connectivity index (χ1v) is 3.46. The maximum absolute atomic E-state index is 12.9. The van der Waals surface area contributed by atoms with E-state index in [1.807, 2.05) is 0 Å². The van der Waals surface area contributed by atoms with Crippen LogP contribution in [0.3, 0.4) is 0 Å². The molecule has 0 atom stereocenters. The first-order valence-electron chi connectivity index (χ1n) is 3.46. The van der Waals surface area contributed by atoms with Crippen molar-refractivity contribution < 1.29 is 9.28 Å². The number of halogens is 1. The molecule has 0 aliphatic carbocycles. The van der Waals surface area contributed by atoms with Crippen LogP contribution in [-0.2, 0) is 4.79 Å². The third-order valence-corrected chi connectivity index (χ3v) is 1.33. The maximum Gasteiger partial charge on any atom is 0.247 e. The van der Waals surface area contributed by atoms with Gasteiger partial charge < -0.3 is 0 Å². The first-order chi connectivity index (χ1) is 5.63. The molecule has 0 bridgehead atoms. The van der Waals surface area contributed by atoms with E-state index < -0.39 is 11.9 Å². The van der Waals surface area contributed by atoms with Crippen molar-refractivity contribution in [1.29, 1.82) is 0 Å². The Balaban J connectivity index is 4.22. The molecule has 0 rings (SSSR count). The van der Waals surface area contributed by atoms with Crippen molar-refractivity contribution in [3.63, 3.8) is 0 Å². The van der Waals surface area contributed by atoms with Gasteiger partial charge in [0.25, 0.3) is 0 Å². The van der Waals surface area contributed by atoms with Crippen LogP contribution in [-0.4, -0.2) is 17.1 Å². The number of hydrogen-bond acceptors (Lipinski definition) is 1. The van der Waals surface area contributed by atoms with Crippen LogP contribution >= 0.6 is 0 Å². The van der Waals surface area contributed by atoms with E-state index in [1.54, 1.807) is 0 Å². The summed E-state index contributed by atoms with van der Waals surface area (Å²) in [5.41, 5.74) is 0. The van der Waals surface area contributed by atoms with Crippen molar-refractivity contribution in [3.8, 4) is 24.7 Å². The molecular weight excluding hydrogens is 157 g/mol. The minimum atomic E-state index is -0.683. The Labute approximate surface area is 71.7 Å². The second-order valence-corrected chi connectivity index (χ2v) is 2.30. The predicted octanol–water partition coefficient (Wildman–Crippen LogP) is 1.13. The van der Waals surface area contributed by atoms with Crippen molar-refractivity contribution >= 4 is 5.91 Å². The minimum absolute atomic E-state index is 0.0831. The molecule has 0 fully saturated rings. The zero-order valence-electron chi connectivity index (χ0n) is 6.88. The van der Waals surface area contributed by atoms with Gasteiger partial charge in [-0.25, -0.2) is 0 Å². The molecule has 0 saturated heterocycles. The highest BCUT2D eigenvalue weighted by Crippen LogP contribution is 2.08. The van der Waals surface area contributed by atoms with Gasteiger partial charge >= 0.3 is 0 Å². The molecule has 3 heteroatoms. The topological polar surface area (TPSA) is 20.3 Å². The van der Waals surface area contributed by atoms with Crippen LogP contribution in [0.2, 0.25) is 0 Å². The molecule has 12 heavy (non-hydrogen) atoms. The molecular formula is C9H10FNO. The van der Waals surface area contributed by atoms with Gasteiger partial charge in [-0.05, 0) is 0 Å². The standard InChI is InChI=1S/C9H10FNO/c1-4-6-9(7-5-2)11(10)8(3)12/h1-2,9H,6-7H2,3H3. The van der Waals surface area contributed by atoms with Crippen LogP contribution in [0, 0.1) is 24.7 Å². The molecule has 0 N–H and O–H groups in total. The Morgan fingerprint density at radius 1 is 1.50 bits per heavy atom. The van der Waals surface area contributed by atoms with Crippen molar-refractivity contribution in [2.45, 2.75) is 25.8 Å². The third-order valence-electron chi connectivity index (χ3n) is 1.33. The van der Waals surface area contributed by atoms with Gasteiger partial charge in [0, 0.05) is 19.8 Å². The lowest BCUT2D eigenvalue weighted by atomic mass is 10.1. The molecule has 0 saturated carbocycles. The van der Waals surface area contributed by atoms with Crippen LogP contribution in [0.15, 0.2) is 0 Å². The SMILES string of the molecule is C#CCC(CC#C)N(F)C(C)=O. The van der Waals surface area contributed by atoms with Crippen LogP contribution in [0.1, 0.15) is 19.8 Å². The van der Waals surface area contributed by atoms with Crippen LogP contribution in [0.25, 0.3) is 0 Å². The average Bonchev–Trinajstić information content (AvgIpc) is 2.03. The Morgan fingerprint density at radius 2 is 1.92 bits per heavy atom. The number of amides is 1. The molecule has 0 spiro atoms. The van der Waals surface area contributed by atoms with Crippen molar-refractivity contribution in [1.82, 2.24) is 5.12 Å². The minimum Gasteiger partial charge on any atom is -0.273 e. The fourth-order valence-electron chi connectivity index (χ4n) is 0.762. The predicted molar refractivity (Wildman–Crippen MR) is 44.3 cm³/mol. The molecule has 0 aromatic heterocycles. The van der Waals surface area contributed by atoms with E-state index in [4.69, 9.17) is 12.8 Å². The molecule has 1 amide bonds. The lowest BCUT2D eigenvalue weighted by Crippen LogP contribution is -2.31. The second-order valence-electron chi connectivity index (χ2n) is 2.30. The maximum atomic E-state index is 12.9. The smallest absolute Gasteiger partial charge is 0.247 e. The van der Waals surface area contributed by atoms with E-state index in [-0.39, 0.29) is 18.0 Å². The fourth-order valence-corrected chi connectivity index (χ4v) is 0.762. The lowest BCUT2D eigenvalue weighted by molar-refractivity contribution is -0.149. The molecule has 0 aliphatic rings. The Morgan fingerprint density at radius 3 is 2.17 bits per heavy atom. The van der Waals surface area contributed by atoms with Gasteiger partial charge in [0.1, 0.15) is 0 Å². The largest absolute Gasteiger partial charge is 0.273 e. The van der Waals surface area contributed by atoms with E-state index in [0.29, 0.717) is 0 Å². The highest BCUT2D eigenvalue weighted by Gasteiger charge is 2.18. The van der Waals surface area contributed by atoms with Gasteiger partial charge in [-0.15, -0.1) is 24.7 Å². The number of hydrogen-bond donors (Lipinski definition) is 0. The van der Waals surface area contributed by atoms with Gasteiger partial charge in [-0.1, -0.05) is 4.48 Å². The summed E-state index contributed by atoms with van der Waals surface area (Å²) in [7, 11) is 0. The molecule has 0 radical (unpaired) electrons. The summed E-state index contributed by atoms with van der Waals surface area (Å²) in [5.74, 6) is 3.84. The number of nitrogens with zero attached hydrogens (tertiary/aromatic N) is 1. The highest BCUT2D eigenvalue weighted by atomic mass is 19.2. The summed E-state index contributed by atoms with van der Waals surface area (Å²) in [6.07, 6.45) is 10.2. The van der Waals surface area contributed by atoms with E-state index in [0.717, 1.165) is 6.92 Å². The monoisotopic (exact) mass is 167 g/mol. The Kier molecular flexibility index (Phi) is 4.57. The quantitative estimate of drug-likeness (QED) is 0.456. The number of carbonyl (C=O) groups excluding carboxylic acids is 1. The zero-order valence-corrected chi connectivity index (χ0v) is 6.88.